The van der Waals surface area contributed by atoms with E-state index < -0.39 is 24.8 Å². The van der Waals surface area contributed by atoms with Crippen LogP contribution in [0.1, 0.15) is 0 Å². The Morgan fingerprint density at radius 3 is 2.24 bits per heavy atom. The Morgan fingerprint density at radius 1 is 1.00 bits per heavy atom. The fraction of sp³-hybridized carbons (Fsp3) is 0. The van der Waals surface area contributed by atoms with Gasteiger partial charge in [-0.2, -0.15) is 0 Å². The van der Waals surface area contributed by atoms with Gasteiger partial charge < -0.3 is 24.3 Å². The van der Waals surface area contributed by atoms with Gasteiger partial charge in [-0.3, -0.25) is 14.6 Å². The third-order valence-electron chi connectivity index (χ3n) is 3.28. The summed E-state index contributed by atoms with van der Waals surface area (Å²) in [7, 11) is -4.71. The fourth-order valence-electron chi connectivity index (χ4n) is 2.28. The molecule has 0 spiro atoms. The first-order valence-corrected chi connectivity index (χ1v) is 8.26. The van der Waals surface area contributed by atoms with Crippen LogP contribution in [0.25, 0.3) is 22.3 Å². The molecule has 0 fully saturated rings. The first kappa shape index (κ1) is 16.8. The zero-order chi connectivity index (χ0) is 18.4. The molecule has 1 aromatic heterocycles. The Kier molecular flexibility index (Phi) is 3.92. The van der Waals surface area contributed by atoms with E-state index in [0.29, 0.717) is 0 Å². The van der Waals surface area contributed by atoms with E-state index in [9.17, 15) is 24.7 Å². The first-order valence-electron chi connectivity index (χ1n) is 6.73. The maximum absolute atomic E-state index is 12.2. The average Bonchev–Trinajstić information content (AvgIpc) is 2.49. The second-order valence-corrected chi connectivity index (χ2v) is 6.22. The van der Waals surface area contributed by atoms with Crippen LogP contribution in [0.2, 0.25) is 0 Å². The number of benzene rings is 2. The summed E-state index contributed by atoms with van der Waals surface area (Å²) in [6.07, 6.45) is 0. The zero-order valence-corrected chi connectivity index (χ0v) is 13.2. The minimum Gasteiger partial charge on any atom is -0.508 e. The second-order valence-electron chi connectivity index (χ2n) is 5.05. The normalized spacial score (nSPS) is 11.6. The number of phenolic OH excluding ortho intramolecular Hbond substituents is 2. The van der Waals surface area contributed by atoms with E-state index in [-0.39, 0.29) is 33.8 Å². The first-order chi connectivity index (χ1) is 11.7. The molecule has 130 valence electrons. The molecule has 0 amide bonds. The largest absolute Gasteiger partial charge is 0.524 e. The van der Waals surface area contributed by atoms with Crippen molar-refractivity contribution in [1.29, 1.82) is 0 Å². The lowest BCUT2D eigenvalue weighted by molar-refractivity contribution is 0.283. The number of phosphoric acid groups is 1. The van der Waals surface area contributed by atoms with Gasteiger partial charge in [0.05, 0.1) is 0 Å². The predicted molar refractivity (Wildman–Crippen MR) is 85.6 cm³/mol. The van der Waals surface area contributed by atoms with Crippen LogP contribution in [-0.4, -0.2) is 25.1 Å². The highest BCUT2D eigenvalue weighted by Crippen LogP contribution is 2.39. The lowest BCUT2D eigenvalue weighted by Gasteiger charge is -2.09. The summed E-state index contributed by atoms with van der Waals surface area (Å²) >= 11 is 0. The SMILES string of the molecule is O=c1c(O)c(-c2ccc(OP(=O)(O)O)cc2)oc2cc(O)cc(O)c12. The Balaban J connectivity index is 2.14. The van der Waals surface area contributed by atoms with Gasteiger partial charge in [0.1, 0.15) is 28.2 Å². The van der Waals surface area contributed by atoms with Crippen molar-refractivity contribution in [2.24, 2.45) is 0 Å². The molecule has 10 heteroatoms. The number of phosphoric ester groups is 1. The zero-order valence-electron chi connectivity index (χ0n) is 12.3. The Bertz CT molecular complexity index is 1060. The van der Waals surface area contributed by atoms with Gasteiger partial charge >= 0.3 is 7.82 Å². The fourth-order valence-corrected chi connectivity index (χ4v) is 2.67. The van der Waals surface area contributed by atoms with Crippen LogP contribution in [0, 0.1) is 0 Å². The van der Waals surface area contributed by atoms with E-state index in [1.54, 1.807) is 0 Å². The van der Waals surface area contributed by atoms with E-state index in [0.717, 1.165) is 12.1 Å². The number of aromatic hydroxyl groups is 3. The van der Waals surface area contributed by atoms with Crippen molar-refractivity contribution < 1.29 is 38.6 Å². The molecule has 2 aromatic carbocycles. The average molecular weight is 366 g/mol. The van der Waals surface area contributed by atoms with Crippen molar-refractivity contribution in [1.82, 2.24) is 0 Å². The van der Waals surface area contributed by atoms with Gasteiger partial charge in [-0.1, -0.05) is 0 Å². The number of fused-ring (bicyclic) bond motifs is 1. The maximum atomic E-state index is 12.2. The van der Waals surface area contributed by atoms with Gasteiger partial charge in [0.25, 0.3) is 0 Å². The van der Waals surface area contributed by atoms with Crippen LogP contribution in [-0.2, 0) is 4.57 Å². The molecule has 3 rings (SSSR count). The molecule has 0 saturated heterocycles. The molecule has 0 aliphatic heterocycles. The molecule has 0 atom stereocenters. The summed E-state index contributed by atoms with van der Waals surface area (Å²) in [5.41, 5.74) is -0.840. The predicted octanol–water partition coefficient (Wildman–Crippen LogP) is 2.05. The minimum atomic E-state index is -4.71. The Hall–Kier alpha value is -3.00. The highest BCUT2D eigenvalue weighted by Gasteiger charge is 2.20. The van der Waals surface area contributed by atoms with Gasteiger partial charge in [0.15, 0.2) is 5.76 Å². The quantitative estimate of drug-likeness (QED) is 0.437. The summed E-state index contributed by atoms with van der Waals surface area (Å²) in [4.78, 5) is 29.7. The third kappa shape index (κ3) is 3.29. The molecule has 5 N–H and O–H groups in total. The van der Waals surface area contributed by atoms with Crippen LogP contribution >= 0.6 is 7.82 Å². The third-order valence-corrected chi connectivity index (χ3v) is 3.72. The molecule has 0 radical (unpaired) electrons. The van der Waals surface area contributed by atoms with Crippen molar-refractivity contribution in [3.8, 4) is 34.3 Å². The Morgan fingerprint density at radius 2 is 1.64 bits per heavy atom. The molecular formula is C15H11O9P. The van der Waals surface area contributed by atoms with Crippen molar-refractivity contribution in [2.75, 3.05) is 0 Å². The van der Waals surface area contributed by atoms with Crippen molar-refractivity contribution in [3.05, 3.63) is 46.6 Å². The van der Waals surface area contributed by atoms with Gasteiger partial charge in [-0.05, 0) is 24.3 Å². The molecule has 9 nitrogen and oxygen atoms in total. The smallest absolute Gasteiger partial charge is 0.508 e. The van der Waals surface area contributed by atoms with Crippen molar-refractivity contribution >= 4 is 18.8 Å². The number of rotatable bonds is 3. The molecule has 0 unspecified atom stereocenters. The van der Waals surface area contributed by atoms with Gasteiger partial charge in [-0.15, -0.1) is 0 Å². The Labute approximate surface area is 139 Å². The standard InChI is InChI=1S/C15H11O9P/c16-8-5-10(17)12-11(6-8)23-15(14(19)13(12)18)7-1-3-9(4-2-7)24-25(20,21)22/h1-6,16-17,19H,(H2,20,21,22). The van der Waals surface area contributed by atoms with E-state index in [4.69, 9.17) is 14.2 Å². The van der Waals surface area contributed by atoms with Gasteiger partial charge in [-0.25, -0.2) is 4.57 Å². The molecular weight excluding hydrogens is 355 g/mol. The highest BCUT2D eigenvalue weighted by molar-refractivity contribution is 7.46. The van der Waals surface area contributed by atoms with Crippen LogP contribution in [0.5, 0.6) is 23.0 Å². The van der Waals surface area contributed by atoms with Crippen molar-refractivity contribution in [3.63, 3.8) is 0 Å². The number of hydrogen-bond donors (Lipinski definition) is 5. The molecule has 0 bridgehead atoms. The van der Waals surface area contributed by atoms with E-state index in [1.807, 2.05) is 0 Å². The monoisotopic (exact) mass is 366 g/mol. The van der Waals surface area contributed by atoms with Gasteiger partial charge in [0.2, 0.25) is 11.2 Å². The number of phenols is 2. The molecule has 25 heavy (non-hydrogen) atoms. The summed E-state index contributed by atoms with van der Waals surface area (Å²) in [5.74, 6) is -2.02. The highest BCUT2D eigenvalue weighted by atomic mass is 31.2. The lowest BCUT2D eigenvalue weighted by atomic mass is 10.1. The topological polar surface area (TPSA) is 158 Å². The van der Waals surface area contributed by atoms with Crippen LogP contribution < -0.4 is 9.95 Å². The van der Waals surface area contributed by atoms with E-state index >= 15 is 0 Å². The van der Waals surface area contributed by atoms with Crippen LogP contribution in [0.4, 0.5) is 0 Å². The summed E-state index contributed by atoms with van der Waals surface area (Å²) < 4.78 is 20.6. The van der Waals surface area contributed by atoms with Gasteiger partial charge in [0, 0.05) is 17.7 Å². The van der Waals surface area contributed by atoms with E-state index in [2.05, 4.69) is 4.52 Å². The molecule has 0 aliphatic carbocycles. The minimum absolute atomic E-state index is 0.130. The lowest BCUT2D eigenvalue weighted by Crippen LogP contribution is -2.03. The van der Waals surface area contributed by atoms with Crippen molar-refractivity contribution in [2.45, 2.75) is 0 Å². The second kappa shape index (κ2) is 5.82. The van der Waals surface area contributed by atoms with Crippen LogP contribution in [0.3, 0.4) is 0 Å². The summed E-state index contributed by atoms with van der Waals surface area (Å²) in [5, 5.41) is 29.0. The molecule has 0 saturated carbocycles. The molecule has 0 aliphatic rings. The van der Waals surface area contributed by atoms with Crippen LogP contribution in [0.15, 0.2) is 45.6 Å². The molecule has 3 aromatic rings. The summed E-state index contributed by atoms with van der Waals surface area (Å²) in [6, 6.07) is 7.06. The summed E-state index contributed by atoms with van der Waals surface area (Å²) in [6.45, 7) is 0. The number of hydrogen-bond acceptors (Lipinski definition) is 7. The molecule has 1 heterocycles. The van der Waals surface area contributed by atoms with E-state index in [1.165, 1.54) is 24.3 Å². The maximum Gasteiger partial charge on any atom is 0.524 e.